The number of anilines is 5. The van der Waals surface area contributed by atoms with Crippen LogP contribution >= 0.6 is 0 Å². The lowest BCUT2D eigenvalue weighted by Gasteiger charge is -2.26. The Bertz CT molecular complexity index is 1610. The van der Waals surface area contributed by atoms with Crippen molar-refractivity contribution < 1.29 is 0 Å². The molecule has 0 N–H and O–H groups in total. The van der Waals surface area contributed by atoms with Crippen molar-refractivity contribution in [2.24, 2.45) is 0 Å². The molecule has 0 bridgehead atoms. The van der Waals surface area contributed by atoms with Crippen LogP contribution in [0.2, 0.25) is 0 Å². The van der Waals surface area contributed by atoms with Gasteiger partial charge in [-0.1, -0.05) is 90.5 Å². The van der Waals surface area contributed by atoms with E-state index in [1.54, 1.807) is 0 Å². The molecule has 0 atom stereocenters. The van der Waals surface area contributed by atoms with Gasteiger partial charge in [0.05, 0.1) is 0 Å². The molecule has 0 spiro atoms. The van der Waals surface area contributed by atoms with E-state index < -0.39 is 0 Å². The summed E-state index contributed by atoms with van der Waals surface area (Å²) in [4.78, 5) is 7.07. The van der Waals surface area contributed by atoms with Gasteiger partial charge in [0, 0.05) is 54.6 Å². The van der Waals surface area contributed by atoms with E-state index in [1.165, 1.54) is 39.2 Å². The highest BCUT2D eigenvalue weighted by atomic mass is 15.1. The van der Waals surface area contributed by atoms with Gasteiger partial charge >= 0.3 is 0 Å². The molecule has 0 aliphatic rings. The predicted octanol–water partition coefficient (Wildman–Crippen LogP) is 11.5. The van der Waals surface area contributed by atoms with Gasteiger partial charge in [-0.2, -0.15) is 0 Å². The number of rotatable bonds is 13. The summed E-state index contributed by atoms with van der Waals surface area (Å²) in [6, 6.07) is 43.9. The van der Waals surface area contributed by atoms with Gasteiger partial charge < -0.3 is 14.7 Å². The maximum absolute atomic E-state index is 2.38. The Balaban J connectivity index is 1.37. The summed E-state index contributed by atoms with van der Waals surface area (Å²) in [6.07, 6.45) is 8.79. The molecule has 0 saturated carbocycles. The maximum atomic E-state index is 2.38. The van der Waals surface area contributed by atoms with Gasteiger partial charge in [-0.3, -0.25) is 0 Å². The Morgan fingerprint density at radius 1 is 0.391 bits per heavy atom. The average Bonchev–Trinajstić information content (AvgIpc) is 3.10. The minimum absolute atomic E-state index is 1.01. The molecule has 0 aliphatic carbocycles. The van der Waals surface area contributed by atoms with Crippen LogP contribution < -0.4 is 14.7 Å². The van der Waals surface area contributed by atoms with Crippen molar-refractivity contribution >= 4 is 52.7 Å². The fraction of sp³-hybridized carbons (Fsp3) is 0.209. The lowest BCUT2D eigenvalue weighted by atomic mass is 10.1. The number of aryl methyl sites for hydroxylation is 1. The number of benzene rings is 5. The van der Waals surface area contributed by atoms with E-state index >= 15 is 0 Å². The quantitative estimate of drug-likeness (QED) is 0.124. The molecular formula is C43H47N3. The third-order valence-corrected chi connectivity index (χ3v) is 8.53. The first kappa shape index (κ1) is 32.4. The molecule has 0 saturated heterocycles. The molecule has 0 amide bonds. The molecule has 5 aromatic rings. The first-order valence-electron chi connectivity index (χ1n) is 16.6. The molecule has 0 heterocycles. The van der Waals surface area contributed by atoms with E-state index in [9.17, 15) is 0 Å². The summed E-state index contributed by atoms with van der Waals surface area (Å²) in [5.74, 6) is 0. The van der Waals surface area contributed by atoms with Gasteiger partial charge in [0.2, 0.25) is 0 Å². The molecule has 5 rings (SSSR count). The second kappa shape index (κ2) is 15.8. The number of nitrogens with zero attached hydrogens (tertiary/aromatic N) is 3. The Kier molecular flexibility index (Phi) is 11.1. The van der Waals surface area contributed by atoms with Crippen LogP contribution in [0.4, 0.5) is 28.4 Å². The van der Waals surface area contributed by atoms with Crippen LogP contribution in [0.5, 0.6) is 0 Å². The maximum Gasteiger partial charge on any atom is 0.0462 e. The Labute approximate surface area is 276 Å². The highest BCUT2D eigenvalue weighted by Gasteiger charge is 2.12. The molecule has 0 unspecified atom stereocenters. The molecule has 234 valence electrons. The summed E-state index contributed by atoms with van der Waals surface area (Å²) >= 11 is 0. The van der Waals surface area contributed by atoms with Crippen LogP contribution in [0.1, 0.15) is 55.5 Å². The summed E-state index contributed by atoms with van der Waals surface area (Å²) < 4.78 is 0. The number of hydrogen-bond donors (Lipinski definition) is 0. The van der Waals surface area contributed by atoms with Crippen LogP contribution in [0.25, 0.3) is 24.3 Å². The highest BCUT2D eigenvalue weighted by molar-refractivity contribution is 5.80. The molecule has 3 nitrogen and oxygen atoms in total. The van der Waals surface area contributed by atoms with Crippen molar-refractivity contribution in [1.29, 1.82) is 0 Å². The molecule has 5 aromatic carbocycles. The van der Waals surface area contributed by atoms with Crippen LogP contribution in [-0.2, 0) is 0 Å². The number of hydrogen-bond acceptors (Lipinski definition) is 3. The van der Waals surface area contributed by atoms with E-state index in [0.29, 0.717) is 0 Å². The van der Waals surface area contributed by atoms with Crippen LogP contribution in [0.15, 0.2) is 121 Å². The van der Waals surface area contributed by atoms with E-state index in [4.69, 9.17) is 0 Å². The normalized spacial score (nSPS) is 11.3. The Hall–Kier alpha value is -5.02. The fourth-order valence-corrected chi connectivity index (χ4v) is 5.82. The van der Waals surface area contributed by atoms with Crippen LogP contribution in [-0.4, -0.2) is 26.2 Å². The molecule has 0 radical (unpaired) electrons. The Morgan fingerprint density at radius 2 is 0.739 bits per heavy atom. The van der Waals surface area contributed by atoms with Crippen molar-refractivity contribution in [2.75, 3.05) is 40.9 Å². The van der Waals surface area contributed by atoms with Crippen molar-refractivity contribution in [1.82, 2.24) is 0 Å². The van der Waals surface area contributed by atoms with Gasteiger partial charge in [0.25, 0.3) is 0 Å². The molecule has 46 heavy (non-hydrogen) atoms. The van der Waals surface area contributed by atoms with E-state index in [1.807, 2.05) is 0 Å². The highest BCUT2D eigenvalue weighted by Crippen LogP contribution is 2.35. The van der Waals surface area contributed by atoms with E-state index in [2.05, 4.69) is 195 Å². The molecule has 0 fully saturated rings. The lowest BCUT2D eigenvalue weighted by molar-refractivity contribution is 0.866. The zero-order valence-electron chi connectivity index (χ0n) is 28.0. The molecular weight excluding hydrogens is 558 g/mol. The van der Waals surface area contributed by atoms with Crippen molar-refractivity contribution in [3.05, 3.63) is 149 Å². The SMILES string of the molecule is CCN(CC)c1cccc(C=Cc2ccc(N(c3ccc(C)cc3)c3ccc(C=Cc4cccc(N(CC)CC)c4)cc3)cc2)c1. The average molecular weight is 606 g/mol. The van der Waals surface area contributed by atoms with Gasteiger partial charge in [-0.05, 0) is 118 Å². The van der Waals surface area contributed by atoms with E-state index in [-0.39, 0.29) is 0 Å². The summed E-state index contributed by atoms with van der Waals surface area (Å²) in [5.41, 5.74) is 11.9. The van der Waals surface area contributed by atoms with Crippen molar-refractivity contribution in [3.8, 4) is 0 Å². The minimum Gasteiger partial charge on any atom is -0.372 e. The smallest absolute Gasteiger partial charge is 0.0462 e. The fourth-order valence-electron chi connectivity index (χ4n) is 5.82. The van der Waals surface area contributed by atoms with Gasteiger partial charge in [0.15, 0.2) is 0 Å². The van der Waals surface area contributed by atoms with Gasteiger partial charge in [-0.25, -0.2) is 0 Å². The first-order valence-corrected chi connectivity index (χ1v) is 16.6. The zero-order valence-corrected chi connectivity index (χ0v) is 28.0. The van der Waals surface area contributed by atoms with Crippen molar-refractivity contribution in [3.63, 3.8) is 0 Å². The molecule has 0 aliphatic heterocycles. The zero-order chi connectivity index (χ0) is 32.3. The molecule has 3 heteroatoms. The topological polar surface area (TPSA) is 9.72 Å². The predicted molar refractivity (Wildman–Crippen MR) is 204 cm³/mol. The minimum atomic E-state index is 1.01. The van der Waals surface area contributed by atoms with Crippen molar-refractivity contribution in [2.45, 2.75) is 34.6 Å². The molecule has 0 aromatic heterocycles. The monoisotopic (exact) mass is 605 g/mol. The van der Waals surface area contributed by atoms with Crippen LogP contribution in [0.3, 0.4) is 0 Å². The lowest BCUT2D eigenvalue weighted by Crippen LogP contribution is -2.21. The van der Waals surface area contributed by atoms with Gasteiger partial charge in [-0.15, -0.1) is 0 Å². The largest absolute Gasteiger partial charge is 0.372 e. The van der Waals surface area contributed by atoms with E-state index in [0.717, 1.165) is 43.2 Å². The first-order chi connectivity index (χ1) is 22.5. The summed E-state index contributed by atoms with van der Waals surface area (Å²) in [7, 11) is 0. The second-order valence-corrected chi connectivity index (χ2v) is 11.6. The third-order valence-electron chi connectivity index (χ3n) is 8.53. The summed E-state index contributed by atoms with van der Waals surface area (Å²) in [6.45, 7) is 15.0. The van der Waals surface area contributed by atoms with Gasteiger partial charge in [0.1, 0.15) is 0 Å². The summed E-state index contributed by atoms with van der Waals surface area (Å²) in [5, 5.41) is 0. The standard InChI is InChI=1S/C43H47N3/c1-6-44(7-2)42-14-10-12-37(32-42)20-18-35-22-28-40(29-23-35)46(39-26-16-34(5)17-27-39)41-30-24-36(25-31-41)19-21-38-13-11-15-43(33-38)45(8-3)9-4/h10-33H,6-9H2,1-5H3. The second-order valence-electron chi connectivity index (χ2n) is 11.6. The Morgan fingerprint density at radius 3 is 1.11 bits per heavy atom. The third kappa shape index (κ3) is 8.17. The van der Waals surface area contributed by atoms with Crippen LogP contribution in [0, 0.1) is 6.92 Å².